The second-order valence-corrected chi connectivity index (χ2v) is 11.1. The molecule has 1 amide bonds. The number of ether oxygens (including phenoxy) is 1. The van der Waals surface area contributed by atoms with Crippen LogP contribution in [0.3, 0.4) is 0 Å². The van der Waals surface area contributed by atoms with Crippen LogP contribution in [-0.2, 0) is 4.74 Å². The summed E-state index contributed by atoms with van der Waals surface area (Å²) in [6.07, 6.45) is 2.80. The summed E-state index contributed by atoms with van der Waals surface area (Å²) in [6.45, 7) is 8.72. The number of anilines is 3. The number of aromatic amines is 1. The van der Waals surface area contributed by atoms with Crippen molar-refractivity contribution in [1.82, 2.24) is 25.5 Å². The van der Waals surface area contributed by atoms with Crippen molar-refractivity contribution in [3.8, 4) is 6.07 Å². The summed E-state index contributed by atoms with van der Waals surface area (Å²) in [5.74, 6) is 0.711. The Labute approximate surface area is 214 Å². The molecule has 2 aromatic heterocycles. The van der Waals surface area contributed by atoms with Gasteiger partial charge in [0.1, 0.15) is 11.4 Å². The second-order valence-electron chi connectivity index (χ2n) is 11.1. The highest BCUT2D eigenvalue weighted by Gasteiger charge is 2.34. The summed E-state index contributed by atoms with van der Waals surface area (Å²) in [7, 11) is 0. The zero-order valence-corrected chi connectivity index (χ0v) is 21.5. The molecule has 1 saturated heterocycles. The van der Waals surface area contributed by atoms with Gasteiger partial charge in [0.2, 0.25) is 5.95 Å². The van der Waals surface area contributed by atoms with Crippen LogP contribution < -0.4 is 15.5 Å². The number of aromatic nitrogens is 4. The number of rotatable bonds is 5. The van der Waals surface area contributed by atoms with E-state index in [2.05, 4.69) is 26.9 Å². The van der Waals surface area contributed by atoms with Crippen molar-refractivity contribution >= 4 is 34.6 Å². The molecule has 0 spiro atoms. The summed E-state index contributed by atoms with van der Waals surface area (Å²) < 4.78 is 20.4. The van der Waals surface area contributed by atoms with Crippen molar-refractivity contribution < 1.29 is 13.9 Å². The van der Waals surface area contributed by atoms with Crippen LogP contribution in [-0.4, -0.2) is 50.5 Å². The number of halogens is 1. The molecule has 2 fully saturated rings. The van der Waals surface area contributed by atoms with Crippen molar-refractivity contribution in [3.05, 3.63) is 35.3 Å². The van der Waals surface area contributed by atoms with E-state index in [1.807, 2.05) is 32.6 Å². The van der Waals surface area contributed by atoms with Gasteiger partial charge in [0.15, 0.2) is 11.6 Å². The minimum absolute atomic E-state index is 0.0722. The molecule has 5 rings (SSSR count). The summed E-state index contributed by atoms with van der Waals surface area (Å²) in [5.41, 5.74) is 0.601. The molecule has 0 bridgehead atoms. The fourth-order valence-electron chi connectivity index (χ4n) is 4.48. The number of benzene rings is 1. The topological polar surface area (TPSA) is 132 Å². The molecule has 0 radical (unpaired) electrons. The molecule has 1 saturated carbocycles. The molecule has 0 atom stereocenters. The maximum absolute atomic E-state index is 15.0. The van der Waals surface area contributed by atoms with Crippen molar-refractivity contribution in [2.24, 2.45) is 0 Å². The van der Waals surface area contributed by atoms with Crippen LogP contribution in [0.4, 0.5) is 26.8 Å². The SMILES string of the molecule is CC1(NC(=O)OC(C)(C)C)CCN(c2nc(Nc3n[nH]c(C4CC4)c3F)c3cc(C#N)ccc3n2)CC1. The Bertz CT molecular complexity index is 1380. The van der Waals surface area contributed by atoms with Gasteiger partial charge in [-0.1, -0.05) is 0 Å². The van der Waals surface area contributed by atoms with E-state index in [0.29, 0.717) is 59.9 Å². The normalized spacial score (nSPS) is 17.4. The van der Waals surface area contributed by atoms with E-state index in [0.717, 1.165) is 12.8 Å². The van der Waals surface area contributed by atoms with Crippen molar-refractivity contribution in [2.45, 2.75) is 70.4 Å². The van der Waals surface area contributed by atoms with E-state index < -0.39 is 23.1 Å². The monoisotopic (exact) mass is 506 g/mol. The number of H-pyrrole nitrogens is 1. The zero-order chi connectivity index (χ0) is 26.4. The molecule has 3 N–H and O–H groups in total. The Kier molecular flexibility index (Phi) is 6.14. The van der Waals surface area contributed by atoms with E-state index in [1.54, 1.807) is 18.2 Å². The first-order chi connectivity index (χ1) is 17.5. The van der Waals surface area contributed by atoms with Gasteiger partial charge in [-0.15, -0.1) is 0 Å². The molecule has 10 nitrogen and oxygen atoms in total. The number of carbonyl (C=O) groups is 1. The van der Waals surface area contributed by atoms with E-state index in [4.69, 9.17) is 14.7 Å². The number of hydrogen-bond donors (Lipinski definition) is 3. The first kappa shape index (κ1) is 24.7. The summed E-state index contributed by atoms with van der Waals surface area (Å²) in [4.78, 5) is 23.8. The number of alkyl carbamates (subject to hydrolysis) is 1. The van der Waals surface area contributed by atoms with Gasteiger partial charge in [-0.3, -0.25) is 5.10 Å². The second kappa shape index (κ2) is 9.18. The molecule has 1 aliphatic heterocycles. The van der Waals surface area contributed by atoms with Crippen LogP contribution in [0.2, 0.25) is 0 Å². The zero-order valence-electron chi connectivity index (χ0n) is 21.5. The number of nitrogens with one attached hydrogen (secondary N) is 3. The molecule has 3 heterocycles. The Hall–Kier alpha value is -3.94. The largest absolute Gasteiger partial charge is 0.444 e. The molecular formula is C26H31FN8O2. The molecular weight excluding hydrogens is 475 g/mol. The molecule has 37 heavy (non-hydrogen) atoms. The maximum Gasteiger partial charge on any atom is 0.408 e. The minimum atomic E-state index is -0.567. The van der Waals surface area contributed by atoms with E-state index in [-0.39, 0.29) is 11.7 Å². The summed E-state index contributed by atoms with van der Waals surface area (Å²) >= 11 is 0. The molecule has 1 aliphatic carbocycles. The molecule has 0 unspecified atom stereocenters. The maximum atomic E-state index is 15.0. The third-order valence-corrected chi connectivity index (χ3v) is 6.72. The van der Waals surface area contributed by atoms with Gasteiger partial charge in [0.25, 0.3) is 0 Å². The Morgan fingerprint density at radius 3 is 2.62 bits per heavy atom. The Morgan fingerprint density at radius 1 is 1.24 bits per heavy atom. The van der Waals surface area contributed by atoms with Gasteiger partial charge in [-0.2, -0.15) is 15.3 Å². The lowest BCUT2D eigenvalue weighted by atomic mass is 9.90. The molecule has 194 valence electrons. The van der Waals surface area contributed by atoms with E-state index in [9.17, 15) is 14.4 Å². The van der Waals surface area contributed by atoms with Crippen LogP contribution in [0, 0.1) is 17.1 Å². The predicted molar refractivity (Wildman–Crippen MR) is 137 cm³/mol. The first-order valence-corrected chi connectivity index (χ1v) is 12.5. The predicted octanol–water partition coefficient (Wildman–Crippen LogP) is 4.87. The lowest BCUT2D eigenvalue weighted by molar-refractivity contribution is 0.0448. The summed E-state index contributed by atoms with van der Waals surface area (Å²) in [6, 6.07) is 7.28. The van der Waals surface area contributed by atoms with Gasteiger partial charge in [0.05, 0.1) is 22.8 Å². The molecule has 1 aromatic carbocycles. The average Bonchev–Trinajstić information content (AvgIpc) is 3.61. The number of carbonyl (C=O) groups excluding carboxylic acids is 1. The van der Waals surface area contributed by atoms with E-state index in [1.165, 1.54) is 0 Å². The standard InChI is InChI=1S/C26H31FN8O2/c1-25(2,3)37-24(36)32-26(4)9-11-35(12-10-26)23-29-18-8-5-15(14-28)13-17(18)21(31-23)30-22-19(27)20(33-34-22)16-6-7-16/h5,8,13,16H,6-7,9-12H2,1-4H3,(H,32,36)(H2,29,30,31,33,34). The molecule has 2 aliphatic rings. The number of piperidine rings is 1. The fourth-order valence-corrected chi connectivity index (χ4v) is 4.48. The van der Waals surface area contributed by atoms with Crippen LogP contribution in [0.5, 0.6) is 0 Å². The highest BCUT2D eigenvalue weighted by Crippen LogP contribution is 2.41. The van der Waals surface area contributed by atoms with Crippen LogP contribution in [0.15, 0.2) is 18.2 Å². The number of amides is 1. The van der Waals surface area contributed by atoms with Gasteiger partial charge < -0.3 is 20.3 Å². The van der Waals surface area contributed by atoms with Gasteiger partial charge in [-0.25, -0.2) is 14.2 Å². The number of fused-ring (bicyclic) bond motifs is 1. The fraction of sp³-hybridized carbons (Fsp3) is 0.500. The number of nitriles is 1. The Balaban J connectivity index is 1.39. The first-order valence-electron chi connectivity index (χ1n) is 12.5. The van der Waals surface area contributed by atoms with Gasteiger partial charge >= 0.3 is 6.09 Å². The van der Waals surface area contributed by atoms with Crippen molar-refractivity contribution in [2.75, 3.05) is 23.3 Å². The minimum Gasteiger partial charge on any atom is -0.444 e. The van der Waals surface area contributed by atoms with Crippen LogP contribution in [0.25, 0.3) is 10.9 Å². The molecule has 3 aromatic rings. The lowest BCUT2D eigenvalue weighted by Crippen LogP contribution is -2.54. The quantitative estimate of drug-likeness (QED) is 0.447. The number of hydrogen-bond acceptors (Lipinski definition) is 8. The highest BCUT2D eigenvalue weighted by atomic mass is 19.1. The van der Waals surface area contributed by atoms with Crippen LogP contribution >= 0.6 is 0 Å². The van der Waals surface area contributed by atoms with Crippen LogP contribution in [0.1, 0.15) is 70.6 Å². The Morgan fingerprint density at radius 2 is 1.97 bits per heavy atom. The third kappa shape index (κ3) is 5.43. The van der Waals surface area contributed by atoms with Crippen molar-refractivity contribution in [1.29, 1.82) is 5.26 Å². The van der Waals surface area contributed by atoms with Crippen molar-refractivity contribution in [3.63, 3.8) is 0 Å². The third-order valence-electron chi connectivity index (χ3n) is 6.72. The molecule has 11 heteroatoms. The van der Waals surface area contributed by atoms with Gasteiger partial charge in [0, 0.05) is 29.9 Å². The number of nitrogens with zero attached hydrogens (tertiary/aromatic N) is 5. The average molecular weight is 507 g/mol. The smallest absolute Gasteiger partial charge is 0.408 e. The van der Waals surface area contributed by atoms with Gasteiger partial charge in [-0.05, 0) is 71.6 Å². The van der Waals surface area contributed by atoms with E-state index >= 15 is 0 Å². The summed E-state index contributed by atoms with van der Waals surface area (Å²) in [5, 5.41) is 23.0. The lowest BCUT2D eigenvalue weighted by Gasteiger charge is -2.40. The highest BCUT2D eigenvalue weighted by molar-refractivity contribution is 5.92.